The van der Waals surface area contributed by atoms with Crippen molar-refractivity contribution in [1.82, 2.24) is 15.7 Å². The Hall–Kier alpha value is -1.63. The first-order valence-electron chi connectivity index (χ1n) is 6.92. The van der Waals surface area contributed by atoms with Crippen LogP contribution in [0.1, 0.15) is 39.0 Å². The molecule has 1 aliphatic heterocycles. The predicted octanol–water partition coefficient (Wildman–Crippen LogP) is 0.0368. The molecule has 1 heterocycles. The molecule has 0 radical (unpaired) electrons. The summed E-state index contributed by atoms with van der Waals surface area (Å²) >= 11 is 0. The first-order chi connectivity index (χ1) is 9.49. The number of hydrogen-bond acceptors (Lipinski definition) is 4. The van der Waals surface area contributed by atoms with Gasteiger partial charge in [0.15, 0.2) is 0 Å². The van der Waals surface area contributed by atoms with Gasteiger partial charge in [0.25, 0.3) is 0 Å². The van der Waals surface area contributed by atoms with E-state index >= 15 is 0 Å². The third kappa shape index (κ3) is 3.69. The summed E-state index contributed by atoms with van der Waals surface area (Å²) in [7, 11) is 1.52. The monoisotopic (exact) mass is 285 g/mol. The lowest BCUT2D eigenvalue weighted by Crippen LogP contribution is -2.42. The summed E-state index contributed by atoms with van der Waals surface area (Å²) in [6, 6.07) is 0. The van der Waals surface area contributed by atoms with E-state index in [1.165, 1.54) is 11.9 Å². The SMILES string of the molecule is CCCCC1(CC(=O)NO)CCN(CC(=O)NC)C1=O. The van der Waals surface area contributed by atoms with Crippen LogP contribution in [0.3, 0.4) is 0 Å². The van der Waals surface area contributed by atoms with Crippen molar-refractivity contribution in [1.29, 1.82) is 0 Å². The van der Waals surface area contributed by atoms with Crippen LogP contribution in [0.15, 0.2) is 0 Å². The fourth-order valence-corrected chi connectivity index (χ4v) is 2.64. The molecule has 1 saturated heterocycles. The highest BCUT2D eigenvalue weighted by Crippen LogP contribution is 2.40. The van der Waals surface area contributed by atoms with Crippen LogP contribution in [0.4, 0.5) is 0 Å². The van der Waals surface area contributed by atoms with E-state index in [1.54, 1.807) is 5.48 Å². The molecular formula is C13H23N3O4. The molecule has 1 rings (SSSR count). The minimum atomic E-state index is -0.781. The van der Waals surface area contributed by atoms with Crippen molar-refractivity contribution in [3.63, 3.8) is 0 Å². The highest BCUT2D eigenvalue weighted by atomic mass is 16.5. The van der Waals surface area contributed by atoms with Crippen molar-refractivity contribution >= 4 is 17.7 Å². The smallest absolute Gasteiger partial charge is 0.244 e. The first-order valence-corrected chi connectivity index (χ1v) is 6.92. The summed E-state index contributed by atoms with van der Waals surface area (Å²) in [6.45, 7) is 2.50. The highest BCUT2D eigenvalue weighted by Gasteiger charge is 2.47. The number of carbonyl (C=O) groups is 3. The number of amides is 3. The van der Waals surface area contributed by atoms with Crippen LogP contribution in [0.25, 0.3) is 0 Å². The van der Waals surface area contributed by atoms with Crippen molar-refractivity contribution in [3.8, 4) is 0 Å². The lowest BCUT2D eigenvalue weighted by Gasteiger charge is -2.26. The molecule has 0 aromatic heterocycles. The second kappa shape index (κ2) is 7.23. The zero-order valence-corrected chi connectivity index (χ0v) is 12.1. The fraction of sp³-hybridized carbons (Fsp3) is 0.769. The lowest BCUT2D eigenvalue weighted by atomic mass is 9.78. The summed E-state index contributed by atoms with van der Waals surface area (Å²) < 4.78 is 0. The molecule has 0 aromatic carbocycles. The maximum Gasteiger partial charge on any atom is 0.244 e. The second-order valence-corrected chi connectivity index (χ2v) is 5.25. The largest absolute Gasteiger partial charge is 0.358 e. The van der Waals surface area contributed by atoms with E-state index in [0.717, 1.165) is 12.8 Å². The molecular weight excluding hydrogens is 262 g/mol. The van der Waals surface area contributed by atoms with Gasteiger partial charge in [-0.25, -0.2) is 5.48 Å². The van der Waals surface area contributed by atoms with Gasteiger partial charge in [-0.1, -0.05) is 19.8 Å². The number of carbonyl (C=O) groups excluding carboxylic acids is 3. The maximum absolute atomic E-state index is 12.5. The predicted molar refractivity (Wildman–Crippen MR) is 71.8 cm³/mol. The second-order valence-electron chi connectivity index (χ2n) is 5.25. The van der Waals surface area contributed by atoms with Crippen LogP contribution in [0.5, 0.6) is 0 Å². The van der Waals surface area contributed by atoms with Crippen LogP contribution < -0.4 is 10.8 Å². The van der Waals surface area contributed by atoms with E-state index in [9.17, 15) is 14.4 Å². The van der Waals surface area contributed by atoms with Crippen LogP contribution in [-0.4, -0.2) is 48.0 Å². The van der Waals surface area contributed by atoms with Crippen molar-refractivity contribution in [2.75, 3.05) is 20.1 Å². The zero-order valence-electron chi connectivity index (χ0n) is 12.1. The Morgan fingerprint density at radius 1 is 1.40 bits per heavy atom. The van der Waals surface area contributed by atoms with Gasteiger partial charge in [-0.2, -0.15) is 0 Å². The maximum atomic E-state index is 12.5. The van der Waals surface area contributed by atoms with Crippen molar-refractivity contribution in [2.45, 2.75) is 39.0 Å². The molecule has 7 heteroatoms. The Balaban J connectivity index is 2.81. The van der Waals surface area contributed by atoms with E-state index in [1.807, 2.05) is 6.92 Å². The van der Waals surface area contributed by atoms with Gasteiger partial charge in [-0.15, -0.1) is 0 Å². The van der Waals surface area contributed by atoms with Gasteiger partial charge in [0.05, 0.1) is 12.0 Å². The Morgan fingerprint density at radius 2 is 2.10 bits per heavy atom. The summed E-state index contributed by atoms with van der Waals surface area (Å²) in [5.41, 5.74) is 0.811. The Labute approximate surface area is 118 Å². The molecule has 1 unspecified atom stereocenters. The molecule has 1 aliphatic rings. The molecule has 3 N–H and O–H groups in total. The number of rotatable bonds is 7. The van der Waals surface area contributed by atoms with Crippen LogP contribution in [0, 0.1) is 5.41 Å². The summed E-state index contributed by atoms with van der Waals surface area (Å²) in [4.78, 5) is 36.9. The van der Waals surface area contributed by atoms with Gasteiger partial charge >= 0.3 is 0 Å². The van der Waals surface area contributed by atoms with Gasteiger partial charge in [0.2, 0.25) is 17.7 Å². The fourth-order valence-electron chi connectivity index (χ4n) is 2.64. The van der Waals surface area contributed by atoms with Gasteiger partial charge in [-0.3, -0.25) is 19.6 Å². The molecule has 0 aromatic rings. The van der Waals surface area contributed by atoms with Gasteiger partial charge in [0.1, 0.15) is 0 Å². The molecule has 7 nitrogen and oxygen atoms in total. The van der Waals surface area contributed by atoms with E-state index in [-0.39, 0.29) is 24.8 Å². The Bertz CT molecular complexity index is 386. The van der Waals surface area contributed by atoms with Crippen molar-refractivity contribution in [2.24, 2.45) is 5.41 Å². The summed E-state index contributed by atoms with van der Waals surface area (Å²) in [6.07, 6.45) is 2.85. The quantitative estimate of drug-likeness (QED) is 0.454. The summed E-state index contributed by atoms with van der Waals surface area (Å²) in [5, 5.41) is 11.2. The minimum absolute atomic E-state index is 0.0178. The highest BCUT2D eigenvalue weighted by molar-refractivity contribution is 5.92. The average Bonchev–Trinajstić information content (AvgIpc) is 2.74. The molecule has 0 spiro atoms. The van der Waals surface area contributed by atoms with Gasteiger partial charge < -0.3 is 10.2 Å². The first kappa shape index (κ1) is 16.4. The number of nitrogens with zero attached hydrogens (tertiary/aromatic N) is 1. The number of nitrogens with one attached hydrogen (secondary N) is 2. The zero-order chi connectivity index (χ0) is 15.2. The van der Waals surface area contributed by atoms with Gasteiger partial charge in [-0.05, 0) is 12.8 Å². The Morgan fingerprint density at radius 3 is 2.65 bits per heavy atom. The van der Waals surface area contributed by atoms with Crippen LogP contribution in [0.2, 0.25) is 0 Å². The molecule has 20 heavy (non-hydrogen) atoms. The topological polar surface area (TPSA) is 98.7 Å². The lowest BCUT2D eigenvalue weighted by molar-refractivity contribution is -0.144. The molecule has 0 bridgehead atoms. The van der Waals surface area contributed by atoms with Crippen LogP contribution in [-0.2, 0) is 14.4 Å². The van der Waals surface area contributed by atoms with E-state index in [4.69, 9.17) is 5.21 Å². The van der Waals surface area contributed by atoms with Crippen molar-refractivity contribution in [3.05, 3.63) is 0 Å². The van der Waals surface area contributed by atoms with E-state index in [0.29, 0.717) is 19.4 Å². The van der Waals surface area contributed by atoms with Crippen LogP contribution >= 0.6 is 0 Å². The molecule has 1 atom stereocenters. The van der Waals surface area contributed by atoms with Crippen molar-refractivity contribution < 1.29 is 19.6 Å². The standard InChI is InChI=1S/C13H23N3O4/c1-3-4-5-13(8-10(17)15-20)6-7-16(12(13)19)9-11(18)14-2/h20H,3-9H2,1-2H3,(H,14,18)(H,15,17). The molecule has 0 saturated carbocycles. The number of hydroxylamine groups is 1. The third-order valence-electron chi connectivity index (χ3n) is 3.85. The average molecular weight is 285 g/mol. The summed E-state index contributed by atoms with van der Waals surface area (Å²) in [5.74, 6) is -0.953. The number of likely N-dealkylation sites (tertiary alicyclic amines) is 1. The van der Waals surface area contributed by atoms with Gasteiger partial charge in [0, 0.05) is 20.0 Å². The molecule has 0 aliphatic carbocycles. The minimum Gasteiger partial charge on any atom is -0.358 e. The number of likely N-dealkylation sites (N-methyl/N-ethyl adjacent to an activating group) is 1. The Kier molecular flexibility index (Phi) is 5.94. The molecule has 3 amide bonds. The normalized spacial score (nSPS) is 21.9. The number of unbranched alkanes of at least 4 members (excludes halogenated alkanes) is 1. The third-order valence-corrected chi connectivity index (χ3v) is 3.85. The molecule has 114 valence electrons. The molecule has 1 fully saturated rings. The number of hydrogen-bond donors (Lipinski definition) is 3. The van der Waals surface area contributed by atoms with E-state index < -0.39 is 11.3 Å². The van der Waals surface area contributed by atoms with E-state index in [2.05, 4.69) is 5.32 Å².